The summed E-state index contributed by atoms with van der Waals surface area (Å²) in [4.78, 5) is 10.1. The summed E-state index contributed by atoms with van der Waals surface area (Å²) >= 11 is 0. The molecule has 4 heteroatoms. The van der Waals surface area contributed by atoms with Crippen LogP contribution >= 0.6 is 0 Å². The molecule has 0 saturated carbocycles. The Hall–Kier alpha value is -1.50. The topological polar surface area (TPSA) is 73.1 Å². The Bertz CT molecular complexity index is 239. The summed E-state index contributed by atoms with van der Waals surface area (Å²) in [6, 6.07) is 1.83. The van der Waals surface area contributed by atoms with Crippen LogP contribution in [0.2, 0.25) is 0 Å². The lowest BCUT2D eigenvalue weighted by Gasteiger charge is -2.04. The second-order valence-corrected chi connectivity index (χ2v) is 2.40. The van der Waals surface area contributed by atoms with E-state index >= 15 is 0 Å². The van der Waals surface area contributed by atoms with E-state index in [4.69, 9.17) is 10.4 Å². The first-order chi connectivity index (χ1) is 5.22. The average Bonchev–Trinajstić information content (AvgIpc) is 2.34. The summed E-state index contributed by atoms with van der Waals surface area (Å²) in [6.07, 6.45) is 2.01. The number of nitriles is 1. The molecule has 1 atom stereocenters. The Morgan fingerprint density at radius 2 is 2.64 bits per heavy atom. The van der Waals surface area contributed by atoms with Gasteiger partial charge in [-0.05, 0) is 18.9 Å². The highest BCUT2D eigenvalue weighted by atomic mass is 16.4. The number of nitrogens with one attached hydrogen (secondary N) is 1. The molecule has 0 aliphatic heterocycles. The predicted molar refractivity (Wildman–Crippen MR) is 37.9 cm³/mol. The van der Waals surface area contributed by atoms with Crippen LogP contribution in [-0.2, 0) is 0 Å². The molecule has 11 heavy (non-hydrogen) atoms. The molecular formula is C7H8N2O2. The fourth-order valence-electron chi connectivity index (χ4n) is 1.09. The third-order valence-electron chi connectivity index (χ3n) is 1.58. The van der Waals surface area contributed by atoms with Gasteiger partial charge in [-0.2, -0.15) is 5.26 Å². The number of carboxylic acid groups (broad SMARTS) is 1. The maximum absolute atomic E-state index is 10.1. The molecule has 0 spiro atoms. The van der Waals surface area contributed by atoms with E-state index in [1.165, 1.54) is 0 Å². The van der Waals surface area contributed by atoms with Crippen LogP contribution in [0.4, 0.5) is 4.79 Å². The molecule has 1 aliphatic rings. The van der Waals surface area contributed by atoms with E-state index in [9.17, 15) is 4.79 Å². The number of hydrogen-bond donors (Lipinski definition) is 2. The number of allylic oxidation sites excluding steroid dienone is 1. The van der Waals surface area contributed by atoms with Gasteiger partial charge in [0, 0.05) is 5.57 Å². The van der Waals surface area contributed by atoms with Crippen LogP contribution in [0.3, 0.4) is 0 Å². The number of rotatable bonds is 1. The molecule has 0 radical (unpaired) electrons. The summed E-state index contributed by atoms with van der Waals surface area (Å²) in [5, 5.41) is 19.0. The lowest BCUT2D eigenvalue weighted by atomic mass is 10.2. The Morgan fingerprint density at radius 1 is 1.91 bits per heavy atom. The Balaban J connectivity index is 2.48. The predicted octanol–water partition coefficient (Wildman–Crippen LogP) is 0.866. The Kier molecular flexibility index (Phi) is 2.12. The minimum Gasteiger partial charge on any atom is -0.465 e. The van der Waals surface area contributed by atoms with Gasteiger partial charge < -0.3 is 10.4 Å². The van der Waals surface area contributed by atoms with Gasteiger partial charge in [0.25, 0.3) is 0 Å². The molecule has 1 aliphatic carbocycles. The minimum absolute atomic E-state index is 0.165. The smallest absolute Gasteiger partial charge is 0.405 e. The molecular weight excluding hydrogens is 144 g/mol. The molecule has 1 unspecified atom stereocenters. The van der Waals surface area contributed by atoms with Crippen molar-refractivity contribution < 1.29 is 9.90 Å². The van der Waals surface area contributed by atoms with Gasteiger partial charge in [-0.25, -0.2) is 4.79 Å². The van der Waals surface area contributed by atoms with Crippen LogP contribution in [0.1, 0.15) is 12.8 Å². The zero-order chi connectivity index (χ0) is 8.27. The second kappa shape index (κ2) is 3.06. The van der Waals surface area contributed by atoms with Crippen molar-refractivity contribution in [1.82, 2.24) is 5.32 Å². The summed E-state index contributed by atoms with van der Waals surface area (Å²) in [5.41, 5.74) is 0.670. The van der Waals surface area contributed by atoms with Crippen LogP contribution in [0.25, 0.3) is 0 Å². The molecule has 0 aromatic heterocycles. The zero-order valence-corrected chi connectivity index (χ0v) is 5.87. The number of amides is 1. The molecule has 0 bridgehead atoms. The second-order valence-electron chi connectivity index (χ2n) is 2.40. The largest absolute Gasteiger partial charge is 0.465 e. The molecule has 0 fully saturated rings. The van der Waals surface area contributed by atoms with E-state index < -0.39 is 6.09 Å². The van der Waals surface area contributed by atoms with Crippen molar-refractivity contribution in [2.75, 3.05) is 0 Å². The third-order valence-corrected chi connectivity index (χ3v) is 1.58. The molecule has 1 rings (SSSR count). The van der Waals surface area contributed by atoms with Crippen LogP contribution in [0.5, 0.6) is 0 Å². The van der Waals surface area contributed by atoms with Gasteiger partial charge in [-0.15, -0.1) is 0 Å². The summed E-state index contributed by atoms with van der Waals surface area (Å²) < 4.78 is 0. The standard InChI is InChI=1S/C7H8N2O2/c8-4-5-1-2-6(3-5)9-7(10)11/h3,6,9H,1-2H2,(H,10,11). The first-order valence-corrected chi connectivity index (χ1v) is 3.32. The highest BCUT2D eigenvalue weighted by molar-refractivity contribution is 5.65. The average molecular weight is 152 g/mol. The Labute approximate surface area is 64.1 Å². The van der Waals surface area contributed by atoms with Crippen LogP contribution in [0.15, 0.2) is 11.6 Å². The molecule has 4 nitrogen and oxygen atoms in total. The van der Waals surface area contributed by atoms with Crippen molar-refractivity contribution in [1.29, 1.82) is 5.26 Å². The number of nitrogens with zero attached hydrogens (tertiary/aromatic N) is 1. The van der Waals surface area contributed by atoms with Gasteiger partial charge in [0.2, 0.25) is 0 Å². The van der Waals surface area contributed by atoms with Gasteiger partial charge in [0.15, 0.2) is 0 Å². The normalized spacial score (nSPS) is 22.1. The SMILES string of the molecule is N#CC1=CC(NC(=O)O)CC1. The molecule has 0 aromatic carbocycles. The third kappa shape index (κ3) is 1.97. The van der Waals surface area contributed by atoms with E-state index in [0.29, 0.717) is 18.4 Å². The van der Waals surface area contributed by atoms with Gasteiger partial charge in [-0.3, -0.25) is 0 Å². The fourth-order valence-corrected chi connectivity index (χ4v) is 1.09. The van der Waals surface area contributed by atoms with Gasteiger partial charge >= 0.3 is 6.09 Å². The number of carbonyl (C=O) groups is 1. The molecule has 0 saturated heterocycles. The van der Waals surface area contributed by atoms with Gasteiger partial charge in [0.1, 0.15) is 0 Å². The van der Waals surface area contributed by atoms with E-state index in [1.807, 2.05) is 6.07 Å². The molecule has 58 valence electrons. The zero-order valence-electron chi connectivity index (χ0n) is 5.87. The first-order valence-electron chi connectivity index (χ1n) is 3.32. The lowest BCUT2D eigenvalue weighted by Crippen LogP contribution is -2.30. The van der Waals surface area contributed by atoms with Crippen LogP contribution in [0, 0.1) is 11.3 Å². The van der Waals surface area contributed by atoms with Crippen molar-refractivity contribution in [2.45, 2.75) is 18.9 Å². The van der Waals surface area contributed by atoms with Crippen molar-refractivity contribution in [2.24, 2.45) is 0 Å². The number of hydrogen-bond acceptors (Lipinski definition) is 2. The maximum atomic E-state index is 10.1. The monoisotopic (exact) mass is 152 g/mol. The quantitative estimate of drug-likeness (QED) is 0.585. The minimum atomic E-state index is -1.04. The van der Waals surface area contributed by atoms with Crippen molar-refractivity contribution >= 4 is 6.09 Å². The first kappa shape index (κ1) is 7.61. The summed E-state index contributed by atoms with van der Waals surface area (Å²) in [7, 11) is 0. The molecule has 2 N–H and O–H groups in total. The van der Waals surface area contributed by atoms with E-state index in [-0.39, 0.29) is 6.04 Å². The van der Waals surface area contributed by atoms with Crippen molar-refractivity contribution in [3.8, 4) is 6.07 Å². The van der Waals surface area contributed by atoms with Crippen LogP contribution < -0.4 is 5.32 Å². The highest BCUT2D eigenvalue weighted by Crippen LogP contribution is 2.16. The van der Waals surface area contributed by atoms with E-state index in [2.05, 4.69) is 5.32 Å². The van der Waals surface area contributed by atoms with Crippen LogP contribution in [-0.4, -0.2) is 17.2 Å². The Morgan fingerprint density at radius 3 is 3.09 bits per heavy atom. The fraction of sp³-hybridized carbons (Fsp3) is 0.429. The van der Waals surface area contributed by atoms with Gasteiger partial charge in [-0.1, -0.05) is 0 Å². The van der Waals surface area contributed by atoms with E-state index in [1.54, 1.807) is 6.08 Å². The summed E-state index contributed by atoms with van der Waals surface area (Å²) in [6.45, 7) is 0. The molecule has 0 heterocycles. The highest BCUT2D eigenvalue weighted by Gasteiger charge is 2.16. The lowest BCUT2D eigenvalue weighted by molar-refractivity contribution is 0.192. The summed E-state index contributed by atoms with van der Waals surface area (Å²) in [5.74, 6) is 0. The molecule has 1 amide bonds. The van der Waals surface area contributed by atoms with E-state index in [0.717, 1.165) is 0 Å². The maximum Gasteiger partial charge on any atom is 0.405 e. The van der Waals surface area contributed by atoms with Crippen molar-refractivity contribution in [3.05, 3.63) is 11.6 Å². The molecule has 0 aromatic rings. The van der Waals surface area contributed by atoms with Gasteiger partial charge in [0.05, 0.1) is 12.1 Å². The van der Waals surface area contributed by atoms with Crippen molar-refractivity contribution in [3.63, 3.8) is 0 Å².